The molecule has 1 aliphatic carbocycles. The molecule has 128 valence electrons. The van der Waals surface area contributed by atoms with Crippen molar-refractivity contribution >= 4 is 11.8 Å². The number of carbonyl (C=O) groups is 2. The molecular weight excluding hydrogens is 304 g/mol. The molecule has 2 heterocycles. The third-order valence-corrected chi connectivity index (χ3v) is 4.79. The van der Waals surface area contributed by atoms with Crippen LogP contribution in [0.5, 0.6) is 0 Å². The molecule has 1 N–H and O–H groups in total. The molecule has 2 aliphatic rings. The zero-order valence-electron chi connectivity index (χ0n) is 14.3. The van der Waals surface area contributed by atoms with Crippen LogP contribution in [0.25, 0.3) is 0 Å². The van der Waals surface area contributed by atoms with Gasteiger partial charge in [0.25, 0.3) is 5.91 Å². The van der Waals surface area contributed by atoms with Crippen LogP contribution in [-0.4, -0.2) is 39.4 Å². The van der Waals surface area contributed by atoms with Crippen molar-refractivity contribution in [1.82, 2.24) is 19.8 Å². The van der Waals surface area contributed by atoms with E-state index in [0.29, 0.717) is 25.4 Å². The summed E-state index contributed by atoms with van der Waals surface area (Å²) in [5.74, 6) is 7.02. The van der Waals surface area contributed by atoms with Crippen molar-refractivity contribution in [2.45, 2.75) is 38.6 Å². The second-order valence-electron chi connectivity index (χ2n) is 6.57. The molecule has 0 radical (unpaired) electrons. The zero-order valence-corrected chi connectivity index (χ0v) is 14.3. The number of imidazole rings is 1. The van der Waals surface area contributed by atoms with Gasteiger partial charge >= 0.3 is 0 Å². The normalized spacial score (nSPS) is 23.6. The van der Waals surface area contributed by atoms with Crippen molar-refractivity contribution in [1.29, 1.82) is 0 Å². The Balaban J connectivity index is 1.72. The molecule has 6 heteroatoms. The van der Waals surface area contributed by atoms with Crippen LogP contribution in [-0.2, 0) is 16.6 Å². The van der Waals surface area contributed by atoms with Crippen molar-refractivity contribution in [2.75, 3.05) is 13.1 Å². The van der Waals surface area contributed by atoms with Gasteiger partial charge in [-0.2, -0.15) is 0 Å². The number of likely N-dealkylation sites (tertiary alicyclic amines) is 1. The average Bonchev–Trinajstić information content (AvgIpc) is 3.31. The minimum Gasteiger partial charge on any atom is -0.345 e. The van der Waals surface area contributed by atoms with Crippen molar-refractivity contribution in [2.24, 2.45) is 18.9 Å². The summed E-state index contributed by atoms with van der Waals surface area (Å²) in [6.45, 7) is 3.14. The molecule has 2 fully saturated rings. The fraction of sp³-hybridized carbons (Fsp3) is 0.611. The van der Waals surface area contributed by atoms with Gasteiger partial charge in [0.05, 0.1) is 6.04 Å². The molecule has 1 saturated carbocycles. The number of nitrogens with zero attached hydrogens (tertiary/aromatic N) is 3. The first kappa shape index (κ1) is 16.6. The van der Waals surface area contributed by atoms with E-state index in [0.717, 1.165) is 25.1 Å². The van der Waals surface area contributed by atoms with E-state index in [1.807, 2.05) is 29.6 Å². The van der Waals surface area contributed by atoms with Crippen LogP contribution in [0, 0.1) is 23.7 Å². The molecule has 0 spiro atoms. The number of rotatable bonds is 4. The van der Waals surface area contributed by atoms with Crippen LogP contribution in [0.15, 0.2) is 12.4 Å². The predicted octanol–water partition coefficient (Wildman–Crippen LogP) is 1.25. The van der Waals surface area contributed by atoms with Gasteiger partial charge in [0, 0.05) is 50.8 Å². The van der Waals surface area contributed by atoms with Crippen LogP contribution < -0.4 is 5.32 Å². The maximum Gasteiger partial charge on any atom is 0.295 e. The maximum absolute atomic E-state index is 12.3. The molecule has 1 aromatic heterocycles. The topological polar surface area (TPSA) is 67.2 Å². The molecule has 0 unspecified atom stereocenters. The zero-order chi connectivity index (χ0) is 17.1. The van der Waals surface area contributed by atoms with E-state index in [1.165, 1.54) is 0 Å². The van der Waals surface area contributed by atoms with Gasteiger partial charge in [0.1, 0.15) is 5.82 Å². The first-order valence-electron chi connectivity index (χ1n) is 8.66. The molecular formula is C18H24N4O2. The van der Waals surface area contributed by atoms with Gasteiger partial charge in [-0.1, -0.05) is 5.92 Å². The third-order valence-electron chi connectivity index (χ3n) is 4.79. The summed E-state index contributed by atoms with van der Waals surface area (Å²) < 4.78 is 1.95. The second kappa shape index (κ2) is 7.08. The smallest absolute Gasteiger partial charge is 0.295 e. The molecule has 3 rings (SSSR count). The third kappa shape index (κ3) is 3.61. The Hall–Kier alpha value is -2.29. The number of amides is 2. The van der Waals surface area contributed by atoms with E-state index >= 15 is 0 Å². The lowest BCUT2D eigenvalue weighted by atomic mass is 9.87. The lowest BCUT2D eigenvalue weighted by Gasteiger charge is -2.40. The summed E-state index contributed by atoms with van der Waals surface area (Å²) in [4.78, 5) is 30.5. The predicted molar refractivity (Wildman–Crippen MR) is 89.6 cm³/mol. The van der Waals surface area contributed by atoms with Gasteiger partial charge in [-0.3, -0.25) is 9.59 Å². The highest BCUT2D eigenvalue weighted by molar-refractivity contribution is 5.93. The standard InChI is InChI=1S/C18H24N4O2/c1-3-22-16(24)9-7-14(17(22)18-19-10-11-21(18)2)12-20-15(23)8-6-13-4-5-13/h10-11,13-14,17H,3-5,7,9,12H2,1-2H3,(H,20,23)/t14-,17+/m1/s1. The summed E-state index contributed by atoms with van der Waals surface area (Å²) in [5.41, 5.74) is 0. The van der Waals surface area contributed by atoms with E-state index < -0.39 is 0 Å². The molecule has 0 bridgehead atoms. The van der Waals surface area contributed by atoms with E-state index in [9.17, 15) is 9.59 Å². The molecule has 2 amide bonds. The van der Waals surface area contributed by atoms with Crippen LogP contribution in [0.4, 0.5) is 0 Å². The van der Waals surface area contributed by atoms with Crippen molar-refractivity contribution in [3.8, 4) is 11.8 Å². The van der Waals surface area contributed by atoms with E-state index in [4.69, 9.17) is 0 Å². The Kier molecular flexibility index (Phi) is 4.89. The number of hydrogen-bond donors (Lipinski definition) is 1. The van der Waals surface area contributed by atoms with E-state index in [-0.39, 0.29) is 23.8 Å². The summed E-state index contributed by atoms with van der Waals surface area (Å²) in [6, 6.07) is -0.104. The number of nitrogens with one attached hydrogen (secondary N) is 1. The minimum absolute atomic E-state index is 0.104. The quantitative estimate of drug-likeness (QED) is 0.846. The number of hydrogen-bond acceptors (Lipinski definition) is 3. The van der Waals surface area contributed by atoms with Crippen molar-refractivity contribution in [3.05, 3.63) is 18.2 Å². The summed E-state index contributed by atoms with van der Waals surface area (Å²) in [5, 5.41) is 2.92. The molecule has 1 aromatic rings. The Morgan fingerprint density at radius 3 is 2.83 bits per heavy atom. The van der Waals surface area contributed by atoms with Gasteiger partial charge in [0.15, 0.2) is 0 Å². The lowest BCUT2D eigenvalue weighted by molar-refractivity contribution is -0.139. The number of aromatic nitrogens is 2. The molecule has 2 atom stereocenters. The van der Waals surface area contributed by atoms with Gasteiger partial charge in [-0.05, 0) is 32.1 Å². The average molecular weight is 328 g/mol. The Morgan fingerprint density at radius 1 is 1.42 bits per heavy atom. The second-order valence-corrected chi connectivity index (χ2v) is 6.57. The molecule has 24 heavy (non-hydrogen) atoms. The molecule has 1 saturated heterocycles. The Labute approximate surface area is 142 Å². The van der Waals surface area contributed by atoms with Gasteiger partial charge < -0.3 is 14.8 Å². The molecule has 0 aromatic carbocycles. The SMILES string of the molecule is CCN1C(=O)CC[C@H](CNC(=O)C#CC2CC2)[C@H]1c1nccn1C. The van der Waals surface area contributed by atoms with Crippen molar-refractivity contribution in [3.63, 3.8) is 0 Å². The first-order chi connectivity index (χ1) is 11.6. The fourth-order valence-electron chi connectivity index (χ4n) is 3.28. The highest BCUT2D eigenvalue weighted by Gasteiger charge is 2.38. The highest BCUT2D eigenvalue weighted by Crippen LogP contribution is 2.35. The van der Waals surface area contributed by atoms with E-state index in [1.54, 1.807) is 6.20 Å². The van der Waals surface area contributed by atoms with Crippen LogP contribution >= 0.6 is 0 Å². The molecule has 1 aliphatic heterocycles. The molecule has 6 nitrogen and oxygen atoms in total. The number of piperidine rings is 1. The summed E-state index contributed by atoms with van der Waals surface area (Å²) in [6.07, 6.45) is 7.12. The maximum atomic E-state index is 12.3. The van der Waals surface area contributed by atoms with E-state index in [2.05, 4.69) is 22.1 Å². The number of carbonyl (C=O) groups excluding carboxylic acids is 2. The summed E-state index contributed by atoms with van der Waals surface area (Å²) in [7, 11) is 1.94. The summed E-state index contributed by atoms with van der Waals surface area (Å²) >= 11 is 0. The minimum atomic E-state index is -0.222. The highest BCUT2D eigenvalue weighted by atomic mass is 16.2. The largest absolute Gasteiger partial charge is 0.345 e. The fourth-order valence-corrected chi connectivity index (χ4v) is 3.28. The van der Waals surface area contributed by atoms with Crippen molar-refractivity contribution < 1.29 is 9.59 Å². The lowest BCUT2D eigenvalue weighted by Crippen LogP contribution is -2.47. The monoisotopic (exact) mass is 328 g/mol. The van der Waals surface area contributed by atoms with Crippen LogP contribution in [0.1, 0.15) is 44.5 Å². The van der Waals surface area contributed by atoms with Crippen LogP contribution in [0.2, 0.25) is 0 Å². The van der Waals surface area contributed by atoms with Gasteiger partial charge in [-0.25, -0.2) is 4.98 Å². The number of aryl methyl sites for hydroxylation is 1. The Morgan fingerprint density at radius 2 is 2.21 bits per heavy atom. The Bertz CT molecular complexity index is 681. The first-order valence-corrected chi connectivity index (χ1v) is 8.66. The van der Waals surface area contributed by atoms with Gasteiger partial charge in [-0.15, -0.1) is 0 Å². The van der Waals surface area contributed by atoms with Gasteiger partial charge in [0.2, 0.25) is 5.91 Å². The van der Waals surface area contributed by atoms with Crippen LogP contribution in [0.3, 0.4) is 0 Å².